The maximum atomic E-state index is 12.1. The summed E-state index contributed by atoms with van der Waals surface area (Å²) < 4.78 is 3.18. The number of aromatic amines is 1. The lowest BCUT2D eigenvalue weighted by Crippen LogP contribution is -2.47. The Labute approximate surface area is 157 Å². The summed E-state index contributed by atoms with van der Waals surface area (Å²) in [5.74, 6) is 0.652. The highest BCUT2D eigenvalue weighted by Gasteiger charge is 2.18. The molecule has 0 saturated carbocycles. The summed E-state index contributed by atoms with van der Waals surface area (Å²) in [7, 11) is 0. The fraction of sp³-hybridized carbons (Fsp3) is 0.444. The summed E-state index contributed by atoms with van der Waals surface area (Å²) in [4.78, 5) is 16.9. The Hall–Kier alpha value is -2.78. The van der Waals surface area contributed by atoms with E-state index in [1.807, 2.05) is 19.2 Å². The largest absolute Gasteiger partial charge is 0.299 e. The van der Waals surface area contributed by atoms with E-state index in [1.165, 1.54) is 4.68 Å². The number of hydrogen-bond donors (Lipinski definition) is 1. The molecule has 4 heterocycles. The van der Waals surface area contributed by atoms with Gasteiger partial charge in [0, 0.05) is 63.4 Å². The van der Waals surface area contributed by atoms with Gasteiger partial charge in [-0.3, -0.25) is 19.7 Å². The van der Waals surface area contributed by atoms with Crippen molar-refractivity contribution in [2.45, 2.75) is 20.0 Å². The van der Waals surface area contributed by atoms with E-state index in [0.717, 1.165) is 50.7 Å². The van der Waals surface area contributed by atoms with Gasteiger partial charge in [-0.15, -0.1) is 5.10 Å². The Morgan fingerprint density at radius 3 is 2.63 bits per heavy atom. The number of aromatic nitrogens is 6. The van der Waals surface area contributed by atoms with Gasteiger partial charge in [-0.1, -0.05) is 0 Å². The van der Waals surface area contributed by atoms with Crippen LogP contribution >= 0.6 is 0 Å². The van der Waals surface area contributed by atoms with Crippen LogP contribution in [0.5, 0.6) is 0 Å². The van der Waals surface area contributed by atoms with Crippen LogP contribution in [-0.2, 0) is 13.1 Å². The van der Waals surface area contributed by atoms with Crippen LogP contribution in [0.2, 0.25) is 0 Å². The molecule has 1 fully saturated rings. The average Bonchev–Trinajstić information content (AvgIpc) is 3.34. The van der Waals surface area contributed by atoms with E-state index in [4.69, 9.17) is 0 Å². The van der Waals surface area contributed by atoms with Crippen molar-refractivity contribution in [2.75, 3.05) is 32.7 Å². The summed E-state index contributed by atoms with van der Waals surface area (Å²) in [6, 6.07) is 7.17. The monoisotopic (exact) mass is 368 g/mol. The molecular weight excluding hydrogens is 344 g/mol. The van der Waals surface area contributed by atoms with Crippen LogP contribution in [0.15, 0.2) is 41.5 Å². The second kappa shape index (κ2) is 7.85. The van der Waals surface area contributed by atoms with Crippen molar-refractivity contribution < 1.29 is 0 Å². The van der Waals surface area contributed by atoms with E-state index in [0.29, 0.717) is 12.4 Å². The molecule has 1 saturated heterocycles. The number of aryl methyl sites for hydroxylation is 1. The van der Waals surface area contributed by atoms with E-state index in [1.54, 1.807) is 23.0 Å². The van der Waals surface area contributed by atoms with Gasteiger partial charge in [-0.25, -0.2) is 9.36 Å². The Balaban J connectivity index is 1.30. The topological polar surface area (TPSA) is 87.9 Å². The van der Waals surface area contributed by atoms with E-state index < -0.39 is 0 Å². The standard InChI is InChI=1S/C18H24N8O/c1-15-13-16(21-20-15)14-24-9-7-23(8-10-24)11-12-26-18(27)4-3-17(22-26)25-6-2-5-19-25/h2-6,13H,7-12,14H2,1H3,(H,20,21). The summed E-state index contributed by atoms with van der Waals surface area (Å²) in [6.07, 6.45) is 3.51. The average molecular weight is 368 g/mol. The number of hydrogen-bond acceptors (Lipinski definition) is 6. The summed E-state index contributed by atoms with van der Waals surface area (Å²) in [5, 5.41) is 15.9. The fourth-order valence-corrected chi connectivity index (χ4v) is 3.32. The molecule has 0 bridgehead atoms. The third-order valence-electron chi connectivity index (χ3n) is 4.83. The van der Waals surface area contributed by atoms with Crippen LogP contribution in [0.3, 0.4) is 0 Å². The van der Waals surface area contributed by atoms with Gasteiger partial charge in [-0.05, 0) is 25.1 Å². The zero-order chi connectivity index (χ0) is 18.6. The molecule has 1 aliphatic rings. The maximum Gasteiger partial charge on any atom is 0.266 e. The van der Waals surface area contributed by atoms with Gasteiger partial charge in [0.25, 0.3) is 5.56 Å². The molecule has 3 aromatic rings. The first-order chi connectivity index (χ1) is 13.2. The van der Waals surface area contributed by atoms with Crippen LogP contribution in [0.25, 0.3) is 5.82 Å². The minimum absolute atomic E-state index is 0.0848. The Morgan fingerprint density at radius 2 is 1.93 bits per heavy atom. The third kappa shape index (κ3) is 4.32. The summed E-state index contributed by atoms with van der Waals surface area (Å²) in [5.41, 5.74) is 2.10. The highest BCUT2D eigenvalue weighted by molar-refractivity contribution is 5.17. The van der Waals surface area contributed by atoms with E-state index in [2.05, 4.69) is 36.3 Å². The Kier molecular flexibility index (Phi) is 5.12. The number of nitrogens with zero attached hydrogens (tertiary/aromatic N) is 7. The van der Waals surface area contributed by atoms with Crippen molar-refractivity contribution in [3.8, 4) is 5.82 Å². The molecule has 27 heavy (non-hydrogen) atoms. The lowest BCUT2D eigenvalue weighted by atomic mass is 10.3. The smallest absolute Gasteiger partial charge is 0.266 e. The van der Waals surface area contributed by atoms with Crippen LogP contribution in [-0.4, -0.2) is 72.3 Å². The molecule has 0 aliphatic carbocycles. The maximum absolute atomic E-state index is 12.1. The molecule has 9 nitrogen and oxygen atoms in total. The van der Waals surface area contributed by atoms with Crippen molar-refractivity contribution in [1.29, 1.82) is 0 Å². The van der Waals surface area contributed by atoms with E-state index >= 15 is 0 Å². The van der Waals surface area contributed by atoms with Crippen molar-refractivity contribution in [3.05, 3.63) is 58.4 Å². The third-order valence-corrected chi connectivity index (χ3v) is 4.83. The summed E-state index contributed by atoms with van der Waals surface area (Å²) in [6.45, 7) is 8.26. The molecule has 0 unspecified atom stereocenters. The molecule has 9 heteroatoms. The molecule has 142 valence electrons. The van der Waals surface area contributed by atoms with Crippen LogP contribution in [0.1, 0.15) is 11.4 Å². The first-order valence-electron chi connectivity index (χ1n) is 9.21. The van der Waals surface area contributed by atoms with Crippen molar-refractivity contribution in [1.82, 2.24) is 39.6 Å². The molecule has 0 amide bonds. The van der Waals surface area contributed by atoms with Gasteiger partial charge in [0.05, 0.1) is 12.2 Å². The van der Waals surface area contributed by atoms with Gasteiger partial charge in [0.2, 0.25) is 0 Å². The van der Waals surface area contributed by atoms with Crippen LogP contribution in [0.4, 0.5) is 0 Å². The van der Waals surface area contributed by atoms with Crippen molar-refractivity contribution in [2.24, 2.45) is 0 Å². The Morgan fingerprint density at radius 1 is 1.11 bits per heavy atom. The molecule has 0 spiro atoms. The van der Waals surface area contributed by atoms with Crippen molar-refractivity contribution in [3.63, 3.8) is 0 Å². The molecule has 3 aromatic heterocycles. The first kappa shape index (κ1) is 17.6. The highest BCUT2D eigenvalue weighted by Crippen LogP contribution is 2.08. The minimum atomic E-state index is -0.0848. The van der Waals surface area contributed by atoms with Crippen LogP contribution < -0.4 is 5.56 Å². The number of H-pyrrole nitrogens is 1. The fourth-order valence-electron chi connectivity index (χ4n) is 3.32. The quantitative estimate of drug-likeness (QED) is 0.672. The SMILES string of the molecule is Cc1cc(CN2CCN(CCn3nc(-n4cccn4)ccc3=O)CC2)n[nH]1. The second-order valence-corrected chi connectivity index (χ2v) is 6.86. The van der Waals surface area contributed by atoms with Crippen molar-refractivity contribution >= 4 is 0 Å². The normalized spacial score (nSPS) is 16.0. The second-order valence-electron chi connectivity index (χ2n) is 6.86. The Bertz CT molecular complexity index is 921. The lowest BCUT2D eigenvalue weighted by Gasteiger charge is -2.34. The summed E-state index contributed by atoms with van der Waals surface area (Å²) >= 11 is 0. The van der Waals surface area contributed by atoms with E-state index in [9.17, 15) is 4.79 Å². The highest BCUT2D eigenvalue weighted by atomic mass is 16.1. The number of rotatable bonds is 6. The zero-order valence-electron chi connectivity index (χ0n) is 15.5. The van der Waals surface area contributed by atoms with Gasteiger partial charge >= 0.3 is 0 Å². The van der Waals surface area contributed by atoms with E-state index in [-0.39, 0.29) is 5.56 Å². The predicted molar refractivity (Wildman–Crippen MR) is 101 cm³/mol. The zero-order valence-corrected chi connectivity index (χ0v) is 15.5. The molecule has 0 atom stereocenters. The van der Waals surface area contributed by atoms with Gasteiger partial charge in [0.15, 0.2) is 5.82 Å². The number of nitrogens with one attached hydrogen (secondary N) is 1. The van der Waals surface area contributed by atoms with Gasteiger partial charge < -0.3 is 0 Å². The molecular formula is C18H24N8O. The van der Waals surface area contributed by atoms with Gasteiger partial charge in [-0.2, -0.15) is 10.2 Å². The molecule has 4 rings (SSSR count). The predicted octanol–water partition coefficient (Wildman–Crippen LogP) is 0.278. The molecule has 0 aromatic carbocycles. The molecule has 1 N–H and O–H groups in total. The lowest BCUT2D eigenvalue weighted by molar-refractivity contribution is 0.121. The van der Waals surface area contributed by atoms with Gasteiger partial charge in [0.1, 0.15) is 0 Å². The van der Waals surface area contributed by atoms with Crippen LogP contribution in [0, 0.1) is 6.92 Å². The molecule has 0 radical (unpaired) electrons. The number of piperazine rings is 1. The first-order valence-corrected chi connectivity index (χ1v) is 9.21. The molecule has 1 aliphatic heterocycles. The minimum Gasteiger partial charge on any atom is -0.299 e.